The van der Waals surface area contributed by atoms with Crippen LogP contribution >= 0.6 is 11.3 Å². The van der Waals surface area contributed by atoms with Crippen LogP contribution in [0.15, 0.2) is 218 Å². The van der Waals surface area contributed by atoms with Crippen molar-refractivity contribution in [3.8, 4) is 54.9 Å². The normalized spacial score (nSPS) is 13.3. The molecule has 1 heteroatoms. The molecule has 0 atom stereocenters. The zero-order valence-electron chi connectivity index (χ0n) is 33.7. The van der Waals surface area contributed by atoms with Crippen molar-refractivity contribution in [1.29, 1.82) is 0 Å². The first kappa shape index (κ1) is 34.2. The average Bonchev–Trinajstić information content (AvgIpc) is 4.00. The van der Waals surface area contributed by atoms with Gasteiger partial charge in [0.05, 0.1) is 5.41 Å². The maximum atomic E-state index is 2.52. The topological polar surface area (TPSA) is 0 Å². The Bertz CT molecular complexity index is 3750. The fraction of sp³-hybridized carbons (Fsp3) is 0.0164. The molecule has 1 spiro atoms. The van der Waals surface area contributed by atoms with E-state index >= 15 is 0 Å². The van der Waals surface area contributed by atoms with Gasteiger partial charge in [-0.1, -0.05) is 194 Å². The molecular weight excluding hydrogens is 765 g/mol. The highest BCUT2D eigenvalue weighted by Crippen LogP contribution is 2.63. The van der Waals surface area contributed by atoms with Crippen LogP contribution in [-0.4, -0.2) is 0 Å². The molecule has 1 aromatic heterocycles. The second-order valence-corrected chi connectivity index (χ2v) is 18.2. The molecule has 0 radical (unpaired) electrons. The van der Waals surface area contributed by atoms with Gasteiger partial charge in [-0.15, -0.1) is 11.3 Å². The third-order valence-electron chi connectivity index (χ3n) is 14.0. The first-order chi connectivity index (χ1) is 30.7. The van der Waals surface area contributed by atoms with Crippen molar-refractivity contribution in [3.05, 3.63) is 241 Å². The Hall–Kier alpha value is -7.58. The Morgan fingerprint density at radius 1 is 0.290 bits per heavy atom. The van der Waals surface area contributed by atoms with E-state index in [1.807, 2.05) is 11.3 Å². The zero-order chi connectivity index (χ0) is 40.5. The van der Waals surface area contributed by atoms with Crippen molar-refractivity contribution in [2.24, 2.45) is 0 Å². The summed E-state index contributed by atoms with van der Waals surface area (Å²) in [4.78, 5) is 1.30. The minimum Gasteiger partial charge on any atom is -0.135 e. The van der Waals surface area contributed by atoms with Crippen LogP contribution in [0.25, 0.3) is 108 Å². The molecule has 0 amide bonds. The van der Waals surface area contributed by atoms with Crippen LogP contribution in [0.1, 0.15) is 22.3 Å². The molecule has 0 aliphatic heterocycles. The summed E-state index contributed by atoms with van der Waals surface area (Å²) in [5.74, 6) is 0. The number of hydrogen-bond donors (Lipinski definition) is 0. The number of benzene rings is 11. The Morgan fingerprint density at radius 3 is 1.53 bits per heavy atom. The van der Waals surface area contributed by atoms with Gasteiger partial charge >= 0.3 is 0 Å². The summed E-state index contributed by atoms with van der Waals surface area (Å²) in [7, 11) is 0. The van der Waals surface area contributed by atoms with E-state index in [0.29, 0.717) is 0 Å². The van der Waals surface area contributed by atoms with Gasteiger partial charge in [-0.05, 0) is 140 Å². The highest BCUT2D eigenvalue weighted by molar-refractivity contribution is 7.22. The van der Waals surface area contributed by atoms with Crippen molar-refractivity contribution in [1.82, 2.24) is 0 Å². The van der Waals surface area contributed by atoms with Crippen LogP contribution in [0, 0.1) is 0 Å². The lowest BCUT2D eigenvalue weighted by Crippen LogP contribution is -2.26. The van der Waals surface area contributed by atoms with E-state index in [2.05, 4.69) is 218 Å². The van der Waals surface area contributed by atoms with Gasteiger partial charge in [-0.2, -0.15) is 0 Å². The summed E-state index contributed by atoms with van der Waals surface area (Å²) < 4.78 is 1.31. The van der Waals surface area contributed by atoms with Gasteiger partial charge in [-0.25, -0.2) is 0 Å². The van der Waals surface area contributed by atoms with Gasteiger partial charge < -0.3 is 0 Å². The Kier molecular flexibility index (Phi) is 7.01. The minimum atomic E-state index is -0.372. The molecule has 0 saturated heterocycles. The molecule has 1 heterocycles. The van der Waals surface area contributed by atoms with Gasteiger partial charge in [0.25, 0.3) is 0 Å². The molecule has 0 N–H and O–H groups in total. The zero-order valence-corrected chi connectivity index (χ0v) is 34.5. The molecule has 11 aromatic carbocycles. The molecule has 0 unspecified atom stereocenters. The van der Waals surface area contributed by atoms with Crippen molar-refractivity contribution < 1.29 is 0 Å². The monoisotopic (exact) mass is 800 g/mol. The lowest BCUT2D eigenvalue weighted by molar-refractivity contribution is 0.797. The van der Waals surface area contributed by atoms with Crippen LogP contribution < -0.4 is 0 Å². The molecule has 2 aliphatic carbocycles. The van der Waals surface area contributed by atoms with E-state index in [1.165, 1.54) is 130 Å². The summed E-state index contributed by atoms with van der Waals surface area (Å²) >= 11 is 1.90. The van der Waals surface area contributed by atoms with Gasteiger partial charge in [0.2, 0.25) is 0 Å². The lowest BCUT2D eigenvalue weighted by atomic mass is 9.70. The van der Waals surface area contributed by atoms with E-state index < -0.39 is 0 Å². The second-order valence-electron chi connectivity index (χ2n) is 17.1. The standard InChI is InChI=1S/C61H36S/c1-2-13-37(14-3-1)41-30-31-42-36-56(62-55(42)35-41)60-49-20-6-4-18-47(49)57(48-19-5-7-21-50(48)60)40-27-25-38(26-28-40)44-33-43-32-29-39-15-12-24-53-58(39)59(43)54(34-44)61(53)51-22-10-8-16-45(51)46-17-9-11-23-52(46)61/h1-36H. The third kappa shape index (κ3) is 4.56. The Labute approximate surface area is 363 Å². The predicted molar refractivity (Wildman–Crippen MR) is 264 cm³/mol. The summed E-state index contributed by atoms with van der Waals surface area (Å²) in [6, 6.07) is 82.1. The molecule has 12 aromatic rings. The molecule has 0 saturated carbocycles. The van der Waals surface area contributed by atoms with Crippen molar-refractivity contribution in [3.63, 3.8) is 0 Å². The van der Waals surface area contributed by atoms with Crippen molar-refractivity contribution in [2.75, 3.05) is 0 Å². The fourth-order valence-corrected chi connectivity index (χ4v) is 12.7. The fourth-order valence-electron chi connectivity index (χ4n) is 11.5. The van der Waals surface area contributed by atoms with Gasteiger partial charge in [-0.3, -0.25) is 0 Å². The van der Waals surface area contributed by atoms with Gasteiger partial charge in [0.1, 0.15) is 0 Å². The molecule has 62 heavy (non-hydrogen) atoms. The van der Waals surface area contributed by atoms with E-state index in [-0.39, 0.29) is 5.41 Å². The first-order valence-electron chi connectivity index (χ1n) is 21.6. The summed E-state index contributed by atoms with van der Waals surface area (Å²) in [6.45, 7) is 0. The van der Waals surface area contributed by atoms with Crippen LogP contribution in [-0.2, 0) is 5.41 Å². The Balaban J connectivity index is 0.934. The van der Waals surface area contributed by atoms with Gasteiger partial charge in [0, 0.05) is 15.1 Å². The van der Waals surface area contributed by atoms with E-state index in [9.17, 15) is 0 Å². The van der Waals surface area contributed by atoms with E-state index in [1.54, 1.807) is 0 Å². The van der Waals surface area contributed by atoms with Crippen LogP contribution in [0.4, 0.5) is 0 Å². The lowest BCUT2D eigenvalue weighted by Gasteiger charge is -2.31. The van der Waals surface area contributed by atoms with Crippen molar-refractivity contribution in [2.45, 2.75) is 5.41 Å². The minimum absolute atomic E-state index is 0.372. The second kappa shape index (κ2) is 12.7. The van der Waals surface area contributed by atoms with Gasteiger partial charge in [0.15, 0.2) is 0 Å². The number of rotatable bonds is 4. The molecule has 0 bridgehead atoms. The third-order valence-corrected chi connectivity index (χ3v) is 15.1. The van der Waals surface area contributed by atoms with Crippen LogP contribution in [0.5, 0.6) is 0 Å². The highest BCUT2D eigenvalue weighted by atomic mass is 32.1. The molecular formula is C61H36S. The molecule has 0 fully saturated rings. The summed E-state index contributed by atoms with van der Waals surface area (Å²) in [5.41, 5.74) is 16.7. The maximum absolute atomic E-state index is 2.52. The average molecular weight is 801 g/mol. The van der Waals surface area contributed by atoms with Crippen molar-refractivity contribution >= 4 is 64.5 Å². The molecule has 2 aliphatic rings. The first-order valence-corrected chi connectivity index (χ1v) is 22.4. The maximum Gasteiger partial charge on any atom is 0.0726 e. The largest absolute Gasteiger partial charge is 0.135 e. The smallest absolute Gasteiger partial charge is 0.0726 e. The SMILES string of the molecule is c1ccc(-c2ccc3cc(-c4c5ccccc5c(-c5ccc(-c6cc7c8c(ccc9cccc(c98)C78c7ccccc7-c7ccccc78)c6)cc5)c5ccccc45)sc3c2)cc1. The summed E-state index contributed by atoms with van der Waals surface area (Å²) in [5, 5.41) is 11.8. The van der Waals surface area contributed by atoms with Crippen LogP contribution in [0.3, 0.4) is 0 Å². The number of hydrogen-bond acceptors (Lipinski definition) is 1. The summed E-state index contributed by atoms with van der Waals surface area (Å²) in [6.07, 6.45) is 0. The Morgan fingerprint density at radius 2 is 0.823 bits per heavy atom. The quantitative estimate of drug-likeness (QED) is 0.123. The number of thiophene rings is 1. The van der Waals surface area contributed by atoms with E-state index in [4.69, 9.17) is 0 Å². The molecule has 286 valence electrons. The van der Waals surface area contributed by atoms with Crippen LogP contribution in [0.2, 0.25) is 0 Å². The number of fused-ring (bicyclic) bond motifs is 10. The predicted octanol–water partition coefficient (Wildman–Crippen LogP) is 16.9. The highest BCUT2D eigenvalue weighted by Gasteiger charge is 2.50. The molecule has 14 rings (SSSR count). The molecule has 0 nitrogen and oxygen atoms in total. The van der Waals surface area contributed by atoms with E-state index in [0.717, 1.165) is 0 Å².